The summed E-state index contributed by atoms with van der Waals surface area (Å²) in [6, 6.07) is 12.3. The summed E-state index contributed by atoms with van der Waals surface area (Å²) in [4.78, 5) is 12.2. The molecule has 122 valence electrons. The number of nitrogens with one attached hydrogen (secondary N) is 1. The molecule has 0 bridgehead atoms. The van der Waals surface area contributed by atoms with Crippen molar-refractivity contribution < 1.29 is 14.3 Å². The molecule has 0 saturated heterocycles. The highest BCUT2D eigenvalue weighted by Gasteiger charge is 2.12. The van der Waals surface area contributed by atoms with Crippen LogP contribution >= 0.6 is 15.9 Å². The molecule has 1 heterocycles. The molecule has 0 spiro atoms. The Morgan fingerprint density at radius 2 is 2.00 bits per heavy atom. The molecule has 0 atom stereocenters. The van der Waals surface area contributed by atoms with Crippen molar-refractivity contribution >= 4 is 38.5 Å². The Labute approximate surface area is 147 Å². The normalized spacial score (nSPS) is 11.7. The van der Waals surface area contributed by atoms with Crippen LogP contribution in [0.1, 0.15) is 28.6 Å². The number of carbonyl (C=O) groups excluding carboxylic acids is 1. The minimum atomic E-state index is -0.419. The van der Waals surface area contributed by atoms with E-state index >= 15 is 0 Å². The average molecular weight is 387 g/mol. The van der Waals surface area contributed by atoms with Crippen LogP contribution in [0.5, 0.6) is 5.75 Å². The van der Waals surface area contributed by atoms with Gasteiger partial charge in [-0.3, -0.25) is 4.79 Å². The van der Waals surface area contributed by atoms with Gasteiger partial charge in [-0.2, -0.15) is 5.10 Å². The van der Waals surface area contributed by atoms with Crippen molar-refractivity contribution in [1.29, 1.82) is 0 Å². The zero-order valence-electron chi connectivity index (χ0n) is 13.1. The third-order valence-corrected chi connectivity index (χ3v) is 4.14. The number of halogens is 1. The molecule has 0 saturated carbocycles. The third-order valence-electron chi connectivity index (χ3n) is 3.64. The molecule has 3 aromatic rings. The number of hydrazone groups is 1. The van der Waals surface area contributed by atoms with Crippen molar-refractivity contribution in [2.24, 2.45) is 5.10 Å². The topological polar surface area (TPSA) is 74.8 Å². The first-order valence-corrected chi connectivity index (χ1v) is 8.07. The highest BCUT2D eigenvalue weighted by atomic mass is 79.9. The molecule has 0 aliphatic carbocycles. The van der Waals surface area contributed by atoms with Crippen LogP contribution in [0.15, 0.2) is 56.5 Å². The molecule has 0 aliphatic rings. The Balaban J connectivity index is 1.78. The number of phenols is 1. The molecular formula is C18H15BrN2O3. The van der Waals surface area contributed by atoms with Gasteiger partial charge in [0.1, 0.15) is 11.3 Å². The van der Waals surface area contributed by atoms with Crippen molar-refractivity contribution in [3.8, 4) is 5.75 Å². The minimum absolute atomic E-state index is 0.196. The van der Waals surface area contributed by atoms with Gasteiger partial charge in [-0.05, 0) is 67.4 Å². The number of aryl methyl sites for hydroxylation is 1. The maximum absolute atomic E-state index is 12.2. The molecule has 0 aliphatic heterocycles. The van der Waals surface area contributed by atoms with Gasteiger partial charge in [-0.15, -0.1) is 0 Å². The highest BCUT2D eigenvalue weighted by molar-refractivity contribution is 9.10. The lowest BCUT2D eigenvalue weighted by atomic mass is 10.1. The maximum Gasteiger partial charge on any atom is 0.307 e. The summed E-state index contributed by atoms with van der Waals surface area (Å²) in [6.45, 7) is 3.58. The van der Waals surface area contributed by atoms with Crippen molar-refractivity contribution in [3.05, 3.63) is 63.8 Å². The van der Waals surface area contributed by atoms with E-state index < -0.39 is 5.91 Å². The zero-order chi connectivity index (χ0) is 17.3. The smallest absolute Gasteiger partial charge is 0.307 e. The minimum Gasteiger partial charge on any atom is -0.508 e. The van der Waals surface area contributed by atoms with Gasteiger partial charge in [0.25, 0.3) is 0 Å². The van der Waals surface area contributed by atoms with Gasteiger partial charge in [0, 0.05) is 9.86 Å². The molecule has 24 heavy (non-hydrogen) atoms. The molecule has 3 rings (SSSR count). The standard InChI is InChI=1S/C18H15BrN2O3/c1-10-7-12(3-5-15(10)22)11(2)20-21-18(23)17-9-13-8-14(19)4-6-16(13)24-17/h3-9,22H,1-2H3,(H,21,23)/b20-11+. The quantitative estimate of drug-likeness (QED) is 0.518. The van der Waals surface area contributed by atoms with E-state index in [0.717, 1.165) is 21.0 Å². The fraction of sp³-hybridized carbons (Fsp3) is 0.111. The van der Waals surface area contributed by atoms with Crippen molar-refractivity contribution in [1.82, 2.24) is 5.43 Å². The van der Waals surface area contributed by atoms with E-state index in [9.17, 15) is 9.90 Å². The lowest BCUT2D eigenvalue weighted by Crippen LogP contribution is -2.18. The number of benzene rings is 2. The summed E-state index contributed by atoms with van der Waals surface area (Å²) in [5.74, 6) is 0.00253. The second kappa shape index (κ2) is 6.49. The Bertz CT molecular complexity index is 960. The van der Waals surface area contributed by atoms with E-state index in [1.165, 1.54) is 0 Å². The number of fused-ring (bicyclic) bond motifs is 1. The van der Waals surface area contributed by atoms with Crippen LogP contribution in [-0.2, 0) is 0 Å². The lowest BCUT2D eigenvalue weighted by molar-refractivity contribution is 0.0929. The predicted octanol–water partition coefficient (Wildman–Crippen LogP) is 4.36. The van der Waals surface area contributed by atoms with Crippen LogP contribution in [0, 0.1) is 6.92 Å². The predicted molar refractivity (Wildman–Crippen MR) is 96.4 cm³/mol. The van der Waals surface area contributed by atoms with Gasteiger partial charge in [0.05, 0.1) is 5.71 Å². The number of carbonyl (C=O) groups is 1. The second-order valence-electron chi connectivity index (χ2n) is 5.43. The van der Waals surface area contributed by atoms with E-state index in [4.69, 9.17) is 4.42 Å². The van der Waals surface area contributed by atoms with Crippen molar-refractivity contribution in [2.45, 2.75) is 13.8 Å². The summed E-state index contributed by atoms with van der Waals surface area (Å²) in [5.41, 5.74) is 5.32. The number of furan rings is 1. The number of aromatic hydroxyl groups is 1. The number of amides is 1. The zero-order valence-corrected chi connectivity index (χ0v) is 14.7. The van der Waals surface area contributed by atoms with Crippen molar-refractivity contribution in [3.63, 3.8) is 0 Å². The third kappa shape index (κ3) is 3.33. The Kier molecular flexibility index (Phi) is 4.40. The van der Waals surface area contributed by atoms with Gasteiger partial charge < -0.3 is 9.52 Å². The van der Waals surface area contributed by atoms with Gasteiger partial charge in [-0.1, -0.05) is 15.9 Å². The van der Waals surface area contributed by atoms with E-state index in [0.29, 0.717) is 11.3 Å². The van der Waals surface area contributed by atoms with Gasteiger partial charge in [-0.25, -0.2) is 5.43 Å². The molecule has 0 fully saturated rings. The van der Waals surface area contributed by atoms with E-state index in [1.807, 2.05) is 12.1 Å². The summed E-state index contributed by atoms with van der Waals surface area (Å²) < 4.78 is 6.44. The molecule has 5 nitrogen and oxygen atoms in total. The average Bonchev–Trinajstić information content (AvgIpc) is 2.98. The number of rotatable bonds is 3. The molecule has 0 unspecified atom stereocenters. The van der Waals surface area contributed by atoms with Crippen LogP contribution in [0.4, 0.5) is 0 Å². The number of hydrogen-bond donors (Lipinski definition) is 2. The van der Waals surface area contributed by atoms with E-state index in [1.54, 1.807) is 44.2 Å². The monoisotopic (exact) mass is 386 g/mol. The number of hydrogen-bond acceptors (Lipinski definition) is 4. The molecule has 1 aromatic heterocycles. The van der Waals surface area contributed by atoms with Crippen LogP contribution in [0.3, 0.4) is 0 Å². The second-order valence-corrected chi connectivity index (χ2v) is 6.35. The van der Waals surface area contributed by atoms with E-state index in [-0.39, 0.29) is 11.5 Å². The largest absolute Gasteiger partial charge is 0.508 e. The van der Waals surface area contributed by atoms with Gasteiger partial charge >= 0.3 is 5.91 Å². The number of nitrogens with zero attached hydrogens (tertiary/aromatic N) is 1. The lowest BCUT2D eigenvalue weighted by Gasteiger charge is -2.04. The summed E-state index contributed by atoms with van der Waals surface area (Å²) in [6.07, 6.45) is 0. The first-order chi connectivity index (χ1) is 11.4. The first-order valence-electron chi connectivity index (χ1n) is 7.28. The van der Waals surface area contributed by atoms with Crippen LogP contribution in [0.2, 0.25) is 0 Å². The van der Waals surface area contributed by atoms with Crippen molar-refractivity contribution in [2.75, 3.05) is 0 Å². The molecular weight excluding hydrogens is 372 g/mol. The van der Waals surface area contributed by atoms with Gasteiger partial charge in [0.15, 0.2) is 5.76 Å². The van der Waals surface area contributed by atoms with Crippen LogP contribution in [-0.4, -0.2) is 16.7 Å². The molecule has 2 N–H and O–H groups in total. The number of phenolic OH excluding ortho intramolecular Hbond substituents is 1. The summed E-state index contributed by atoms with van der Waals surface area (Å²) in [7, 11) is 0. The SMILES string of the molecule is C/C(=N\NC(=O)c1cc2cc(Br)ccc2o1)c1ccc(O)c(C)c1. The molecule has 6 heteroatoms. The highest BCUT2D eigenvalue weighted by Crippen LogP contribution is 2.23. The Hall–Kier alpha value is -2.60. The fourth-order valence-electron chi connectivity index (χ4n) is 2.26. The van der Waals surface area contributed by atoms with Crippen LogP contribution < -0.4 is 5.43 Å². The Morgan fingerprint density at radius 1 is 1.21 bits per heavy atom. The molecule has 1 amide bonds. The molecule has 2 aromatic carbocycles. The first kappa shape index (κ1) is 16.3. The summed E-state index contributed by atoms with van der Waals surface area (Å²) in [5, 5.41) is 14.5. The Morgan fingerprint density at radius 3 is 2.75 bits per heavy atom. The van der Waals surface area contributed by atoms with Gasteiger partial charge in [0.2, 0.25) is 0 Å². The van der Waals surface area contributed by atoms with E-state index in [2.05, 4.69) is 26.5 Å². The fourth-order valence-corrected chi connectivity index (χ4v) is 2.64. The maximum atomic E-state index is 12.2. The summed E-state index contributed by atoms with van der Waals surface area (Å²) >= 11 is 3.38. The van der Waals surface area contributed by atoms with Crippen LogP contribution in [0.25, 0.3) is 11.0 Å². The molecule has 0 radical (unpaired) electrons.